The molecule has 116 valence electrons. The number of carboxylic acids is 1. The maximum atomic E-state index is 10.6. The Balaban J connectivity index is 2.10. The van der Waals surface area contributed by atoms with Gasteiger partial charge in [0.05, 0.1) is 0 Å². The number of aryl methyl sites for hydroxylation is 1. The largest absolute Gasteiger partial charge is 0.479 e. The summed E-state index contributed by atoms with van der Waals surface area (Å²) in [7, 11) is 0. The molecule has 2 aromatic rings. The molecule has 22 heavy (non-hydrogen) atoms. The van der Waals surface area contributed by atoms with Crippen molar-refractivity contribution in [3.63, 3.8) is 0 Å². The van der Waals surface area contributed by atoms with E-state index in [1.165, 1.54) is 0 Å². The number of nitrogens with one attached hydrogen (secondary N) is 1. The Morgan fingerprint density at radius 3 is 2.59 bits per heavy atom. The van der Waals surface area contributed by atoms with Crippen LogP contribution < -0.4 is 10.1 Å². The van der Waals surface area contributed by atoms with Crippen molar-refractivity contribution in [2.45, 2.75) is 20.4 Å². The SMILES string of the molecule is Cc1nc(NCc2ccc(Br)cc2)nc(OCC(=O)O)c1C. The average Bonchev–Trinajstić information content (AvgIpc) is 2.48. The number of aliphatic carboxylic acids is 1. The maximum absolute atomic E-state index is 10.6. The van der Waals surface area contributed by atoms with Crippen LogP contribution in [0.3, 0.4) is 0 Å². The Labute approximate surface area is 136 Å². The quantitative estimate of drug-likeness (QED) is 0.818. The number of carboxylic acid groups (broad SMARTS) is 1. The monoisotopic (exact) mass is 365 g/mol. The van der Waals surface area contributed by atoms with Gasteiger partial charge in [0.15, 0.2) is 6.61 Å². The first-order valence-corrected chi connectivity index (χ1v) is 7.43. The lowest BCUT2D eigenvalue weighted by atomic mass is 10.2. The highest BCUT2D eigenvalue weighted by molar-refractivity contribution is 9.10. The molecule has 1 heterocycles. The number of rotatable bonds is 6. The molecule has 0 amide bonds. The van der Waals surface area contributed by atoms with Crippen LogP contribution in [0.5, 0.6) is 5.88 Å². The minimum absolute atomic E-state index is 0.285. The zero-order valence-electron chi connectivity index (χ0n) is 12.3. The number of hydrogen-bond donors (Lipinski definition) is 2. The zero-order chi connectivity index (χ0) is 16.1. The van der Waals surface area contributed by atoms with Gasteiger partial charge in [0.25, 0.3) is 0 Å². The zero-order valence-corrected chi connectivity index (χ0v) is 13.8. The molecule has 0 saturated carbocycles. The molecule has 0 aliphatic heterocycles. The fraction of sp³-hybridized carbons (Fsp3) is 0.267. The van der Waals surface area contributed by atoms with Crippen LogP contribution >= 0.6 is 15.9 Å². The molecule has 6 nitrogen and oxygen atoms in total. The van der Waals surface area contributed by atoms with E-state index in [2.05, 4.69) is 31.2 Å². The third kappa shape index (κ3) is 4.42. The van der Waals surface area contributed by atoms with Gasteiger partial charge in [0.2, 0.25) is 11.8 Å². The lowest BCUT2D eigenvalue weighted by molar-refractivity contribution is -0.139. The maximum Gasteiger partial charge on any atom is 0.341 e. The Morgan fingerprint density at radius 2 is 1.95 bits per heavy atom. The number of hydrogen-bond acceptors (Lipinski definition) is 5. The van der Waals surface area contributed by atoms with Crippen LogP contribution in [0.4, 0.5) is 5.95 Å². The van der Waals surface area contributed by atoms with Crippen LogP contribution in [0, 0.1) is 13.8 Å². The molecule has 0 bridgehead atoms. The number of halogens is 1. The van der Waals surface area contributed by atoms with Gasteiger partial charge in [-0.15, -0.1) is 0 Å². The fourth-order valence-electron chi connectivity index (χ4n) is 1.74. The molecule has 1 aromatic heterocycles. The van der Waals surface area contributed by atoms with Crippen molar-refractivity contribution >= 4 is 27.8 Å². The van der Waals surface area contributed by atoms with Crippen molar-refractivity contribution in [3.05, 3.63) is 45.6 Å². The number of benzene rings is 1. The molecule has 0 atom stereocenters. The summed E-state index contributed by atoms with van der Waals surface area (Å²) >= 11 is 3.39. The molecule has 1 aromatic carbocycles. The van der Waals surface area contributed by atoms with Crippen molar-refractivity contribution in [2.24, 2.45) is 0 Å². The van der Waals surface area contributed by atoms with Gasteiger partial charge < -0.3 is 15.2 Å². The van der Waals surface area contributed by atoms with Crippen molar-refractivity contribution in [2.75, 3.05) is 11.9 Å². The second-order valence-corrected chi connectivity index (χ2v) is 5.64. The molecule has 0 aliphatic rings. The first-order chi connectivity index (χ1) is 10.5. The molecule has 7 heteroatoms. The summed E-state index contributed by atoms with van der Waals surface area (Å²) < 4.78 is 6.21. The lowest BCUT2D eigenvalue weighted by Gasteiger charge is -2.11. The standard InChI is InChI=1S/C15H16BrN3O3/c1-9-10(2)18-15(19-14(9)22-8-13(20)21)17-7-11-3-5-12(16)6-4-11/h3-6H,7-8H2,1-2H3,(H,20,21)(H,17,18,19). The second-order valence-electron chi connectivity index (χ2n) is 4.73. The summed E-state index contributed by atoms with van der Waals surface area (Å²) in [5.41, 5.74) is 2.56. The van der Waals surface area contributed by atoms with E-state index in [9.17, 15) is 4.79 Å². The van der Waals surface area contributed by atoms with Gasteiger partial charge in [-0.05, 0) is 31.5 Å². The average molecular weight is 366 g/mol. The number of anilines is 1. The molecule has 2 N–H and O–H groups in total. The van der Waals surface area contributed by atoms with Gasteiger partial charge in [0, 0.05) is 22.3 Å². The third-order valence-electron chi connectivity index (χ3n) is 3.04. The second kappa shape index (κ2) is 7.22. The summed E-state index contributed by atoms with van der Waals surface area (Å²) in [5, 5.41) is 11.8. The highest BCUT2D eigenvalue weighted by Crippen LogP contribution is 2.20. The van der Waals surface area contributed by atoms with Crippen LogP contribution in [0.1, 0.15) is 16.8 Å². The van der Waals surface area contributed by atoms with Crippen LogP contribution in [-0.2, 0) is 11.3 Å². The lowest BCUT2D eigenvalue weighted by Crippen LogP contribution is -2.13. The van der Waals surface area contributed by atoms with E-state index in [0.717, 1.165) is 21.3 Å². The van der Waals surface area contributed by atoms with Crippen LogP contribution in [0.2, 0.25) is 0 Å². The topological polar surface area (TPSA) is 84.3 Å². The molecular weight excluding hydrogens is 350 g/mol. The molecule has 2 rings (SSSR count). The highest BCUT2D eigenvalue weighted by Gasteiger charge is 2.10. The van der Waals surface area contributed by atoms with Crippen LogP contribution in [-0.4, -0.2) is 27.7 Å². The summed E-state index contributed by atoms with van der Waals surface area (Å²) in [6.45, 7) is 3.76. The van der Waals surface area contributed by atoms with E-state index in [1.54, 1.807) is 6.92 Å². The van der Waals surface area contributed by atoms with E-state index in [-0.39, 0.29) is 5.88 Å². The predicted molar refractivity (Wildman–Crippen MR) is 86.1 cm³/mol. The molecule has 0 radical (unpaired) electrons. The summed E-state index contributed by atoms with van der Waals surface area (Å²) in [4.78, 5) is 19.2. The Kier molecular flexibility index (Phi) is 5.32. The minimum atomic E-state index is -1.04. The Bertz CT molecular complexity index is 674. The van der Waals surface area contributed by atoms with Gasteiger partial charge in [0.1, 0.15) is 0 Å². The van der Waals surface area contributed by atoms with Crippen molar-refractivity contribution in [1.82, 2.24) is 9.97 Å². The number of ether oxygens (including phenoxy) is 1. The molecule has 0 spiro atoms. The van der Waals surface area contributed by atoms with Crippen LogP contribution in [0.25, 0.3) is 0 Å². The Morgan fingerprint density at radius 1 is 1.27 bits per heavy atom. The van der Waals surface area contributed by atoms with Crippen molar-refractivity contribution < 1.29 is 14.6 Å². The first-order valence-electron chi connectivity index (χ1n) is 6.64. The Hall–Kier alpha value is -2.15. The summed E-state index contributed by atoms with van der Waals surface area (Å²) in [6, 6.07) is 7.89. The smallest absolute Gasteiger partial charge is 0.341 e. The van der Waals surface area contributed by atoms with E-state index in [1.807, 2.05) is 31.2 Å². The molecule has 0 saturated heterocycles. The van der Waals surface area contributed by atoms with Crippen molar-refractivity contribution in [3.8, 4) is 5.88 Å². The molecule has 0 aliphatic carbocycles. The summed E-state index contributed by atoms with van der Waals surface area (Å²) in [5.74, 6) is -0.348. The number of carbonyl (C=O) groups is 1. The van der Waals surface area contributed by atoms with Gasteiger partial charge in [-0.2, -0.15) is 4.98 Å². The van der Waals surface area contributed by atoms with E-state index < -0.39 is 12.6 Å². The fourth-order valence-corrected chi connectivity index (χ4v) is 2.00. The van der Waals surface area contributed by atoms with E-state index in [4.69, 9.17) is 9.84 Å². The van der Waals surface area contributed by atoms with Gasteiger partial charge >= 0.3 is 5.97 Å². The predicted octanol–water partition coefficient (Wildman–Crippen LogP) is 2.93. The molecule has 0 fully saturated rings. The third-order valence-corrected chi connectivity index (χ3v) is 3.57. The highest BCUT2D eigenvalue weighted by atomic mass is 79.9. The van der Waals surface area contributed by atoms with Gasteiger partial charge in [-0.3, -0.25) is 0 Å². The van der Waals surface area contributed by atoms with E-state index >= 15 is 0 Å². The molecule has 0 unspecified atom stereocenters. The van der Waals surface area contributed by atoms with Gasteiger partial charge in [-0.1, -0.05) is 28.1 Å². The minimum Gasteiger partial charge on any atom is -0.479 e. The summed E-state index contributed by atoms with van der Waals surface area (Å²) in [6.07, 6.45) is 0. The van der Waals surface area contributed by atoms with Crippen molar-refractivity contribution in [1.29, 1.82) is 0 Å². The number of aromatic nitrogens is 2. The first kappa shape index (κ1) is 16.2. The number of nitrogens with zero attached hydrogens (tertiary/aromatic N) is 2. The van der Waals surface area contributed by atoms with E-state index in [0.29, 0.717) is 12.5 Å². The van der Waals surface area contributed by atoms with Crippen LogP contribution in [0.15, 0.2) is 28.7 Å². The molecular formula is C15H16BrN3O3. The normalized spacial score (nSPS) is 10.3. The van der Waals surface area contributed by atoms with Gasteiger partial charge in [-0.25, -0.2) is 9.78 Å².